The fourth-order valence-corrected chi connectivity index (χ4v) is 6.25. The maximum atomic E-state index is 13.7. The molecule has 3 aromatic rings. The maximum absolute atomic E-state index is 13.7. The van der Waals surface area contributed by atoms with E-state index >= 15 is 0 Å². The molecule has 2 aromatic carbocycles. The number of benzene rings is 2. The van der Waals surface area contributed by atoms with Gasteiger partial charge in [0.05, 0.1) is 0 Å². The predicted octanol–water partition coefficient (Wildman–Crippen LogP) is 7.96. The van der Waals surface area contributed by atoms with Gasteiger partial charge in [-0.05, 0) is 59.8 Å². The topological polar surface area (TPSA) is 22.0 Å². The van der Waals surface area contributed by atoms with E-state index in [1.165, 1.54) is 75.3 Å². The van der Waals surface area contributed by atoms with Gasteiger partial charge in [0.15, 0.2) is 5.43 Å². The molecular formula is C32H39NO. The third-order valence-corrected chi connectivity index (χ3v) is 8.26. The van der Waals surface area contributed by atoms with Crippen molar-refractivity contribution in [1.82, 2.24) is 4.57 Å². The normalized spacial score (nSPS) is 17.0. The van der Waals surface area contributed by atoms with Gasteiger partial charge in [0.2, 0.25) is 0 Å². The quantitative estimate of drug-likeness (QED) is 0.339. The van der Waals surface area contributed by atoms with Crippen molar-refractivity contribution in [2.45, 2.75) is 77.0 Å². The number of nitrogens with zero attached hydrogens (tertiary/aromatic N) is 1. The molecule has 0 unspecified atom stereocenters. The second-order valence-corrected chi connectivity index (χ2v) is 10.9. The molecule has 0 saturated heterocycles. The van der Waals surface area contributed by atoms with Crippen molar-refractivity contribution in [3.8, 4) is 22.3 Å². The summed E-state index contributed by atoms with van der Waals surface area (Å²) < 4.78 is 2.04. The lowest BCUT2D eigenvalue weighted by atomic mass is 9.94. The molecule has 34 heavy (non-hydrogen) atoms. The van der Waals surface area contributed by atoms with Crippen LogP contribution in [0.5, 0.6) is 0 Å². The Kier molecular flexibility index (Phi) is 7.33. The van der Waals surface area contributed by atoms with Crippen LogP contribution in [0.15, 0.2) is 65.7 Å². The van der Waals surface area contributed by atoms with Crippen LogP contribution >= 0.6 is 0 Å². The molecule has 0 aliphatic heterocycles. The third kappa shape index (κ3) is 5.54. The molecule has 0 amide bonds. The molecule has 0 bridgehead atoms. The van der Waals surface area contributed by atoms with Crippen molar-refractivity contribution < 1.29 is 0 Å². The standard InChI is InChI=1S/C32H39NO/c1-33-22-30(28-14-6-12-26(20-28)18-16-24-8-2-3-9-24)32(34)31(23-33)29-15-7-13-27(21-29)19-17-25-10-4-5-11-25/h6-7,12-15,20-25H,2-5,8-11,16-19H2,1H3. The van der Waals surface area contributed by atoms with E-state index in [1.807, 2.05) is 24.0 Å². The number of aromatic nitrogens is 1. The summed E-state index contributed by atoms with van der Waals surface area (Å²) >= 11 is 0. The summed E-state index contributed by atoms with van der Waals surface area (Å²) in [5, 5.41) is 0. The molecule has 0 spiro atoms. The van der Waals surface area contributed by atoms with E-state index < -0.39 is 0 Å². The fraction of sp³-hybridized carbons (Fsp3) is 0.469. The predicted molar refractivity (Wildman–Crippen MR) is 143 cm³/mol. The summed E-state index contributed by atoms with van der Waals surface area (Å²) in [4.78, 5) is 13.7. The van der Waals surface area contributed by atoms with Crippen LogP contribution in [0.3, 0.4) is 0 Å². The Bertz CT molecular complexity index is 1070. The van der Waals surface area contributed by atoms with Crippen molar-refractivity contribution in [2.24, 2.45) is 18.9 Å². The first kappa shape index (κ1) is 23.1. The summed E-state index contributed by atoms with van der Waals surface area (Å²) in [6.07, 6.45) is 19.9. The third-order valence-electron chi connectivity index (χ3n) is 8.26. The lowest BCUT2D eigenvalue weighted by Crippen LogP contribution is -2.12. The van der Waals surface area contributed by atoms with Gasteiger partial charge in [0.25, 0.3) is 0 Å². The van der Waals surface area contributed by atoms with Crippen molar-refractivity contribution in [3.63, 3.8) is 0 Å². The molecule has 0 atom stereocenters. The number of pyridine rings is 1. The van der Waals surface area contributed by atoms with E-state index in [-0.39, 0.29) is 5.43 Å². The van der Waals surface area contributed by atoms with Gasteiger partial charge >= 0.3 is 0 Å². The van der Waals surface area contributed by atoms with Crippen LogP contribution in [0, 0.1) is 11.8 Å². The van der Waals surface area contributed by atoms with E-state index in [9.17, 15) is 4.79 Å². The summed E-state index contributed by atoms with van der Waals surface area (Å²) in [5.74, 6) is 1.78. The number of hydrogen-bond acceptors (Lipinski definition) is 1. The highest BCUT2D eigenvalue weighted by Crippen LogP contribution is 2.31. The molecule has 2 nitrogen and oxygen atoms in total. The molecule has 1 aromatic heterocycles. The van der Waals surface area contributed by atoms with Gasteiger partial charge in [0, 0.05) is 30.6 Å². The smallest absolute Gasteiger partial charge is 0.197 e. The first-order chi connectivity index (χ1) is 16.7. The van der Waals surface area contributed by atoms with Crippen LogP contribution in [-0.2, 0) is 19.9 Å². The van der Waals surface area contributed by atoms with Crippen LogP contribution in [0.4, 0.5) is 0 Å². The highest BCUT2D eigenvalue weighted by atomic mass is 16.1. The van der Waals surface area contributed by atoms with Crippen LogP contribution < -0.4 is 5.43 Å². The average Bonchev–Trinajstić information content (AvgIpc) is 3.57. The van der Waals surface area contributed by atoms with E-state index in [4.69, 9.17) is 0 Å². The Morgan fingerprint density at radius 3 is 1.59 bits per heavy atom. The van der Waals surface area contributed by atoms with Crippen LogP contribution in [0.25, 0.3) is 22.3 Å². The van der Waals surface area contributed by atoms with Gasteiger partial charge in [-0.25, -0.2) is 0 Å². The molecule has 2 fully saturated rings. The Labute approximate surface area is 205 Å². The zero-order valence-electron chi connectivity index (χ0n) is 20.8. The van der Waals surface area contributed by atoms with E-state index in [1.54, 1.807) is 0 Å². The van der Waals surface area contributed by atoms with Gasteiger partial charge < -0.3 is 4.57 Å². The van der Waals surface area contributed by atoms with Crippen molar-refractivity contribution >= 4 is 0 Å². The Hall–Kier alpha value is -2.61. The highest BCUT2D eigenvalue weighted by Gasteiger charge is 2.17. The SMILES string of the molecule is Cn1cc(-c2cccc(CCC3CCCC3)c2)c(=O)c(-c2cccc(CCC3CCCC3)c2)c1. The zero-order valence-corrected chi connectivity index (χ0v) is 20.8. The number of hydrogen-bond donors (Lipinski definition) is 0. The van der Waals surface area contributed by atoms with Crippen molar-refractivity contribution in [3.05, 3.63) is 82.3 Å². The molecule has 0 radical (unpaired) electrons. The molecule has 2 aliphatic rings. The zero-order chi connectivity index (χ0) is 23.3. The molecule has 178 valence electrons. The second kappa shape index (κ2) is 10.8. The summed E-state index contributed by atoms with van der Waals surface area (Å²) in [6, 6.07) is 17.4. The molecule has 0 N–H and O–H groups in total. The molecular weight excluding hydrogens is 414 g/mol. The molecule has 2 saturated carbocycles. The van der Waals surface area contributed by atoms with Crippen molar-refractivity contribution in [1.29, 1.82) is 0 Å². The Morgan fingerprint density at radius 1 is 0.706 bits per heavy atom. The first-order valence-electron chi connectivity index (χ1n) is 13.5. The Balaban J connectivity index is 1.38. The molecule has 2 heteroatoms. The fourth-order valence-electron chi connectivity index (χ4n) is 6.25. The van der Waals surface area contributed by atoms with Gasteiger partial charge in [-0.15, -0.1) is 0 Å². The minimum absolute atomic E-state index is 0.138. The Morgan fingerprint density at radius 2 is 1.15 bits per heavy atom. The van der Waals surface area contributed by atoms with Gasteiger partial charge in [-0.3, -0.25) is 4.79 Å². The summed E-state index contributed by atoms with van der Waals surface area (Å²) in [7, 11) is 2.03. The minimum Gasteiger partial charge on any atom is -0.356 e. The van der Waals surface area contributed by atoms with Crippen LogP contribution in [0.1, 0.15) is 75.3 Å². The molecule has 5 rings (SSSR count). The number of aryl methyl sites for hydroxylation is 3. The largest absolute Gasteiger partial charge is 0.356 e. The van der Waals surface area contributed by atoms with Gasteiger partial charge in [0.1, 0.15) is 0 Å². The van der Waals surface area contributed by atoms with E-state index in [2.05, 4.69) is 48.5 Å². The highest BCUT2D eigenvalue weighted by molar-refractivity contribution is 5.72. The molecule has 1 heterocycles. The first-order valence-corrected chi connectivity index (χ1v) is 13.5. The summed E-state index contributed by atoms with van der Waals surface area (Å²) in [5.41, 5.74) is 6.54. The summed E-state index contributed by atoms with van der Waals surface area (Å²) in [6.45, 7) is 0. The lowest BCUT2D eigenvalue weighted by molar-refractivity contribution is 0.504. The number of rotatable bonds is 8. The average molecular weight is 454 g/mol. The van der Waals surface area contributed by atoms with Crippen LogP contribution in [0.2, 0.25) is 0 Å². The van der Waals surface area contributed by atoms with Crippen LogP contribution in [-0.4, -0.2) is 4.57 Å². The monoisotopic (exact) mass is 453 g/mol. The van der Waals surface area contributed by atoms with Gasteiger partial charge in [-0.1, -0.05) is 99.9 Å². The maximum Gasteiger partial charge on any atom is 0.197 e. The second-order valence-electron chi connectivity index (χ2n) is 10.9. The van der Waals surface area contributed by atoms with Crippen molar-refractivity contribution in [2.75, 3.05) is 0 Å². The van der Waals surface area contributed by atoms with E-state index in [0.717, 1.165) is 46.9 Å². The molecule has 2 aliphatic carbocycles. The minimum atomic E-state index is 0.138. The lowest BCUT2D eigenvalue weighted by Gasteiger charge is -2.13. The van der Waals surface area contributed by atoms with Gasteiger partial charge in [-0.2, -0.15) is 0 Å². The van der Waals surface area contributed by atoms with E-state index in [0.29, 0.717) is 0 Å².